The first-order chi connectivity index (χ1) is 9.65. The van der Waals surface area contributed by atoms with Crippen LogP contribution in [0.3, 0.4) is 0 Å². The molecule has 0 saturated carbocycles. The fourth-order valence-electron chi connectivity index (χ4n) is 2.76. The highest BCUT2D eigenvalue weighted by molar-refractivity contribution is 5.85. The highest BCUT2D eigenvalue weighted by Crippen LogP contribution is 2.31. The summed E-state index contributed by atoms with van der Waals surface area (Å²) in [6.07, 6.45) is 3.25. The number of aryl methyl sites for hydroxylation is 1. The summed E-state index contributed by atoms with van der Waals surface area (Å²) in [4.78, 5) is 2.17. The van der Waals surface area contributed by atoms with Crippen LogP contribution in [0.25, 0.3) is 0 Å². The van der Waals surface area contributed by atoms with Crippen molar-refractivity contribution in [3.05, 3.63) is 47.5 Å². The van der Waals surface area contributed by atoms with E-state index in [9.17, 15) is 8.78 Å². The standard InChI is InChI=1S/C16H22F2N2.2ClH/c1-3-4-5-14(20-10-8-19-9-11-20)15-13(17)7-6-12(2)16(15)18;;/h3,6-7,14,19H,1,4-5,8-11H2,2H3;2*1H/t14-;;/m1../s1. The van der Waals surface area contributed by atoms with Crippen LogP contribution in [0.5, 0.6) is 0 Å². The molecule has 1 aliphatic heterocycles. The zero-order valence-corrected chi connectivity index (χ0v) is 14.4. The highest BCUT2D eigenvalue weighted by atomic mass is 35.5. The average Bonchev–Trinajstić information content (AvgIpc) is 2.47. The number of benzene rings is 1. The monoisotopic (exact) mass is 352 g/mol. The number of halogens is 4. The van der Waals surface area contributed by atoms with Crippen molar-refractivity contribution >= 4 is 24.8 Å². The minimum atomic E-state index is -0.444. The maximum absolute atomic E-state index is 14.4. The largest absolute Gasteiger partial charge is 0.314 e. The lowest BCUT2D eigenvalue weighted by atomic mass is 9.96. The number of piperazine rings is 1. The van der Waals surface area contributed by atoms with Gasteiger partial charge in [0, 0.05) is 37.8 Å². The third-order valence-corrected chi connectivity index (χ3v) is 3.89. The van der Waals surface area contributed by atoms with E-state index in [1.54, 1.807) is 13.0 Å². The molecule has 1 aliphatic rings. The summed E-state index contributed by atoms with van der Waals surface area (Å²) in [5.74, 6) is -0.849. The highest BCUT2D eigenvalue weighted by Gasteiger charge is 2.27. The first-order valence-corrected chi connectivity index (χ1v) is 7.15. The van der Waals surface area contributed by atoms with Crippen LogP contribution in [0.2, 0.25) is 0 Å². The van der Waals surface area contributed by atoms with E-state index in [2.05, 4.69) is 16.8 Å². The Bertz CT molecular complexity index is 477. The van der Waals surface area contributed by atoms with Gasteiger partial charge in [-0.1, -0.05) is 12.1 Å². The molecule has 0 aromatic heterocycles. The number of rotatable bonds is 5. The quantitative estimate of drug-likeness (QED) is 0.804. The Kier molecular flexibility index (Phi) is 9.85. The van der Waals surface area contributed by atoms with E-state index in [4.69, 9.17) is 0 Å². The van der Waals surface area contributed by atoms with E-state index in [1.807, 2.05) is 0 Å². The van der Waals surface area contributed by atoms with Crippen LogP contribution in [0.4, 0.5) is 8.78 Å². The molecule has 0 bridgehead atoms. The molecule has 6 heteroatoms. The summed E-state index contributed by atoms with van der Waals surface area (Å²) in [7, 11) is 0. The van der Waals surface area contributed by atoms with Crippen LogP contribution in [0, 0.1) is 18.6 Å². The maximum Gasteiger partial charge on any atom is 0.133 e. The Balaban J connectivity index is 0.00000220. The molecule has 22 heavy (non-hydrogen) atoms. The average molecular weight is 353 g/mol. The van der Waals surface area contributed by atoms with E-state index in [1.165, 1.54) is 12.1 Å². The van der Waals surface area contributed by atoms with Crippen molar-refractivity contribution in [3.8, 4) is 0 Å². The van der Waals surface area contributed by atoms with Crippen LogP contribution < -0.4 is 5.32 Å². The Hall–Kier alpha value is -0.680. The zero-order chi connectivity index (χ0) is 14.5. The van der Waals surface area contributed by atoms with E-state index >= 15 is 0 Å². The van der Waals surface area contributed by atoms with E-state index in [0.717, 1.165) is 32.6 Å². The minimum Gasteiger partial charge on any atom is -0.314 e. The molecular weight excluding hydrogens is 329 g/mol. The normalized spacial score (nSPS) is 16.3. The fraction of sp³-hybridized carbons (Fsp3) is 0.500. The van der Waals surface area contributed by atoms with Crippen molar-refractivity contribution in [1.29, 1.82) is 0 Å². The predicted molar refractivity (Wildman–Crippen MR) is 92.2 cm³/mol. The van der Waals surface area contributed by atoms with Crippen molar-refractivity contribution in [2.45, 2.75) is 25.8 Å². The molecule has 2 nitrogen and oxygen atoms in total. The van der Waals surface area contributed by atoms with Crippen LogP contribution >= 0.6 is 24.8 Å². The third-order valence-electron chi connectivity index (χ3n) is 3.89. The summed E-state index contributed by atoms with van der Waals surface area (Å²) in [6.45, 7) is 8.75. The van der Waals surface area contributed by atoms with Gasteiger partial charge in [-0.15, -0.1) is 31.4 Å². The molecule has 1 heterocycles. The van der Waals surface area contributed by atoms with Crippen LogP contribution in [0.15, 0.2) is 24.8 Å². The number of nitrogens with zero attached hydrogens (tertiary/aromatic N) is 1. The van der Waals surface area contributed by atoms with Gasteiger partial charge in [-0.25, -0.2) is 8.78 Å². The Morgan fingerprint density at radius 1 is 1.27 bits per heavy atom. The SMILES string of the molecule is C=CCC[C@H](c1c(F)ccc(C)c1F)N1CCNCC1.Cl.Cl. The topological polar surface area (TPSA) is 15.3 Å². The first-order valence-electron chi connectivity index (χ1n) is 7.15. The van der Waals surface area contributed by atoms with Crippen molar-refractivity contribution < 1.29 is 8.78 Å². The lowest BCUT2D eigenvalue weighted by molar-refractivity contribution is 0.159. The number of hydrogen-bond acceptors (Lipinski definition) is 2. The van der Waals surface area contributed by atoms with Gasteiger partial charge in [0.25, 0.3) is 0 Å². The molecule has 1 atom stereocenters. The second kappa shape index (κ2) is 10.2. The number of allylic oxidation sites excluding steroid dienone is 1. The fourth-order valence-corrected chi connectivity index (χ4v) is 2.76. The van der Waals surface area contributed by atoms with Gasteiger partial charge < -0.3 is 5.32 Å². The molecule has 1 N–H and O–H groups in total. The molecular formula is C16H24Cl2F2N2. The summed E-state index contributed by atoms with van der Waals surface area (Å²) < 4.78 is 28.5. The minimum absolute atomic E-state index is 0. The first kappa shape index (κ1) is 21.3. The van der Waals surface area contributed by atoms with Gasteiger partial charge in [-0.2, -0.15) is 0 Å². The lowest BCUT2D eigenvalue weighted by Gasteiger charge is -2.35. The Morgan fingerprint density at radius 3 is 2.50 bits per heavy atom. The smallest absolute Gasteiger partial charge is 0.133 e. The zero-order valence-electron chi connectivity index (χ0n) is 12.8. The van der Waals surface area contributed by atoms with E-state index < -0.39 is 11.6 Å². The summed E-state index contributed by atoms with van der Waals surface area (Å²) >= 11 is 0. The Labute approximate surface area is 143 Å². The van der Waals surface area contributed by atoms with Crippen molar-refractivity contribution in [1.82, 2.24) is 10.2 Å². The van der Waals surface area contributed by atoms with E-state index in [0.29, 0.717) is 12.0 Å². The molecule has 1 saturated heterocycles. The molecule has 1 aromatic rings. The molecule has 2 rings (SSSR count). The van der Waals surface area contributed by atoms with Gasteiger partial charge in [-0.3, -0.25) is 4.90 Å². The second-order valence-corrected chi connectivity index (χ2v) is 5.26. The molecule has 0 radical (unpaired) electrons. The second-order valence-electron chi connectivity index (χ2n) is 5.26. The van der Waals surface area contributed by atoms with E-state index in [-0.39, 0.29) is 36.4 Å². The van der Waals surface area contributed by atoms with Crippen molar-refractivity contribution in [3.63, 3.8) is 0 Å². The van der Waals surface area contributed by atoms with Gasteiger partial charge in [0.2, 0.25) is 0 Å². The molecule has 0 spiro atoms. The van der Waals surface area contributed by atoms with Gasteiger partial charge in [0.05, 0.1) is 0 Å². The van der Waals surface area contributed by atoms with Gasteiger partial charge in [-0.05, 0) is 31.4 Å². The predicted octanol–water partition coefficient (Wildman–Crippen LogP) is 4.03. The van der Waals surface area contributed by atoms with Gasteiger partial charge >= 0.3 is 0 Å². The Morgan fingerprint density at radius 2 is 1.91 bits per heavy atom. The van der Waals surface area contributed by atoms with Gasteiger partial charge in [0.15, 0.2) is 0 Å². The summed E-state index contributed by atoms with van der Waals surface area (Å²) in [5.41, 5.74) is 0.717. The summed E-state index contributed by atoms with van der Waals surface area (Å²) in [6, 6.07) is 2.66. The van der Waals surface area contributed by atoms with Gasteiger partial charge in [0.1, 0.15) is 11.6 Å². The van der Waals surface area contributed by atoms with Crippen LogP contribution in [-0.4, -0.2) is 31.1 Å². The lowest BCUT2D eigenvalue weighted by Crippen LogP contribution is -2.45. The molecule has 1 fully saturated rings. The molecule has 126 valence electrons. The number of hydrogen-bond donors (Lipinski definition) is 1. The number of nitrogens with one attached hydrogen (secondary N) is 1. The van der Waals surface area contributed by atoms with Crippen LogP contribution in [0.1, 0.15) is 30.0 Å². The third kappa shape index (κ3) is 4.92. The maximum atomic E-state index is 14.4. The molecule has 0 amide bonds. The van der Waals surface area contributed by atoms with Crippen LogP contribution in [-0.2, 0) is 0 Å². The summed E-state index contributed by atoms with van der Waals surface area (Å²) in [5, 5.41) is 3.27. The van der Waals surface area contributed by atoms with Crippen molar-refractivity contribution in [2.24, 2.45) is 0 Å². The molecule has 0 aliphatic carbocycles. The van der Waals surface area contributed by atoms with Crippen molar-refractivity contribution in [2.75, 3.05) is 26.2 Å². The molecule has 0 unspecified atom stereocenters. The molecule has 1 aromatic carbocycles.